The number of carbonyl (C=O) groups excluding carboxylic acids is 2. The molecule has 2 aliphatic rings. The van der Waals surface area contributed by atoms with Gasteiger partial charge in [-0.05, 0) is 68.3 Å². The van der Waals surface area contributed by atoms with Gasteiger partial charge in [-0.2, -0.15) is 0 Å². The van der Waals surface area contributed by atoms with Crippen molar-refractivity contribution in [3.63, 3.8) is 0 Å². The van der Waals surface area contributed by atoms with E-state index >= 15 is 0 Å². The first-order valence-electron chi connectivity index (χ1n) is 10.5. The first kappa shape index (κ1) is 22.9. The molecule has 0 bridgehead atoms. The van der Waals surface area contributed by atoms with Gasteiger partial charge in [-0.25, -0.2) is 0 Å². The van der Waals surface area contributed by atoms with Gasteiger partial charge >= 0.3 is 11.9 Å². The summed E-state index contributed by atoms with van der Waals surface area (Å²) in [5.41, 5.74) is 1.51. The second-order valence-corrected chi connectivity index (χ2v) is 10.1. The third-order valence-electron chi connectivity index (χ3n) is 7.30. The Morgan fingerprint density at radius 2 is 1.89 bits per heavy atom. The third-order valence-corrected chi connectivity index (χ3v) is 7.30. The highest BCUT2D eigenvalue weighted by Crippen LogP contribution is 2.60. The Morgan fingerprint density at radius 1 is 1.25 bits per heavy atom. The Balaban J connectivity index is 2.35. The highest BCUT2D eigenvalue weighted by Gasteiger charge is 2.52. The fraction of sp³-hybridized carbons (Fsp3) is 0.826. The van der Waals surface area contributed by atoms with E-state index in [9.17, 15) is 14.7 Å². The molecule has 5 nitrogen and oxygen atoms in total. The van der Waals surface area contributed by atoms with Gasteiger partial charge < -0.3 is 14.6 Å². The lowest BCUT2D eigenvalue weighted by Gasteiger charge is -2.56. The van der Waals surface area contributed by atoms with Crippen LogP contribution in [0.1, 0.15) is 86.5 Å². The molecule has 1 N–H and O–H groups in total. The van der Waals surface area contributed by atoms with Crippen LogP contribution in [0.15, 0.2) is 11.1 Å². The van der Waals surface area contributed by atoms with Crippen molar-refractivity contribution in [2.45, 2.75) is 98.2 Å². The van der Waals surface area contributed by atoms with Crippen molar-refractivity contribution in [1.82, 2.24) is 0 Å². The lowest BCUT2D eigenvalue weighted by atomic mass is 9.49. The molecule has 4 unspecified atom stereocenters. The molecule has 2 aliphatic carbocycles. The maximum atomic E-state index is 11.7. The number of hydrogen-bond acceptors (Lipinski definition) is 5. The molecule has 0 aromatic carbocycles. The predicted octanol–water partition coefficient (Wildman–Crippen LogP) is 4.57. The second kappa shape index (κ2) is 8.17. The number of hydrogen-bond donors (Lipinski definition) is 1. The van der Waals surface area contributed by atoms with Crippen molar-refractivity contribution in [3.05, 3.63) is 11.1 Å². The lowest BCUT2D eigenvalue weighted by Crippen LogP contribution is -2.49. The first-order chi connectivity index (χ1) is 12.8. The van der Waals surface area contributed by atoms with Crippen LogP contribution in [0, 0.1) is 16.7 Å². The molecular weight excluding hydrogens is 356 g/mol. The van der Waals surface area contributed by atoms with E-state index in [0.717, 1.165) is 18.4 Å². The normalized spacial score (nSPS) is 31.6. The molecule has 0 spiro atoms. The smallest absolute Gasteiger partial charge is 0.308 e. The van der Waals surface area contributed by atoms with E-state index in [2.05, 4.69) is 27.7 Å². The summed E-state index contributed by atoms with van der Waals surface area (Å²) in [5.74, 6) is -0.235. The Hall–Kier alpha value is -1.36. The second-order valence-electron chi connectivity index (χ2n) is 10.1. The Labute approximate surface area is 169 Å². The minimum atomic E-state index is -1.12. The van der Waals surface area contributed by atoms with Gasteiger partial charge in [0.2, 0.25) is 0 Å². The SMILES string of the molecule is COC(=O)CC(C)(O)CCC1=C(C)C(OC(C)=O)CC2C(C)(C)CCCC12C. The van der Waals surface area contributed by atoms with Gasteiger partial charge in [-0.15, -0.1) is 0 Å². The number of esters is 2. The monoisotopic (exact) mass is 394 g/mol. The van der Waals surface area contributed by atoms with E-state index in [1.807, 2.05) is 0 Å². The zero-order valence-electron chi connectivity index (χ0n) is 18.7. The van der Waals surface area contributed by atoms with Crippen molar-refractivity contribution < 1.29 is 24.2 Å². The third kappa shape index (κ3) is 4.79. The maximum absolute atomic E-state index is 11.7. The summed E-state index contributed by atoms with van der Waals surface area (Å²) in [7, 11) is 1.34. The number of allylic oxidation sites excluding steroid dienone is 1. The molecule has 160 valence electrons. The Morgan fingerprint density at radius 3 is 2.46 bits per heavy atom. The average Bonchev–Trinajstić information content (AvgIpc) is 2.55. The number of ether oxygens (including phenoxy) is 2. The minimum absolute atomic E-state index is 0.0190. The van der Waals surface area contributed by atoms with E-state index in [4.69, 9.17) is 9.47 Å². The van der Waals surface area contributed by atoms with Crippen molar-refractivity contribution in [3.8, 4) is 0 Å². The molecule has 0 heterocycles. The lowest BCUT2D eigenvalue weighted by molar-refractivity contribution is -0.149. The maximum Gasteiger partial charge on any atom is 0.308 e. The van der Waals surface area contributed by atoms with Gasteiger partial charge in [0.1, 0.15) is 6.10 Å². The van der Waals surface area contributed by atoms with Gasteiger partial charge in [-0.1, -0.05) is 32.8 Å². The summed E-state index contributed by atoms with van der Waals surface area (Å²) < 4.78 is 10.4. The molecule has 0 saturated heterocycles. The highest BCUT2D eigenvalue weighted by molar-refractivity contribution is 5.70. The van der Waals surface area contributed by atoms with Crippen molar-refractivity contribution in [2.75, 3.05) is 7.11 Å². The molecule has 1 fully saturated rings. The fourth-order valence-electron chi connectivity index (χ4n) is 5.78. The van der Waals surface area contributed by atoms with Crippen LogP contribution in [0.5, 0.6) is 0 Å². The molecule has 0 aromatic heterocycles. The van der Waals surface area contributed by atoms with Crippen LogP contribution in [0.4, 0.5) is 0 Å². The summed E-state index contributed by atoms with van der Waals surface area (Å²) in [5, 5.41) is 10.7. The number of fused-ring (bicyclic) bond motifs is 1. The summed E-state index contributed by atoms with van der Waals surface area (Å²) in [6, 6.07) is 0. The molecule has 0 amide bonds. The van der Waals surface area contributed by atoms with Gasteiger partial charge in [-0.3, -0.25) is 9.59 Å². The van der Waals surface area contributed by atoms with Crippen LogP contribution in [0.25, 0.3) is 0 Å². The van der Waals surface area contributed by atoms with E-state index < -0.39 is 11.6 Å². The molecular formula is C23H38O5. The first-order valence-corrected chi connectivity index (χ1v) is 10.5. The van der Waals surface area contributed by atoms with Crippen molar-refractivity contribution in [2.24, 2.45) is 16.7 Å². The molecule has 2 rings (SSSR count). The topological polar surface area (TPSA) is 72.8 Å². The van der Waals surface area contributed by atoms with Crippen LogP contribution in [-0.4, -0.2) is 35.9 Å². The van der Waals surface area contributed by atoms with E-state index in [-0.39, 0.29) is 29.3 Å². The summed E-state index contributed by atoms with van der Waals surface area (Å²) >= 11 is 0. The Kier molecular flexibility index (Phi) is 6.69. The number of rotatable bonds is 6. The summed E-state index contributed by atoms with van der Waals surface area (Å²) in [6.07, 6.45) is 5.26. The van der Waals surface area contributed by atoms with E-state index in [0.29, 0.717) is 18.8 Å². The zero-order chi connectivity index (χ0) is 21.3. The van der Waals surface area contributed by atoms with Crippen LogP contribution < -0.4 is 0 Å². The zero-order valence-corrected chi connectivity index (χ0v) is 18.7. The van der Waals surface area contributed by atoms with Gasteiger partial charge in [0.15, 0.2) is 0 Å². The number of aliphatic hydroxyl groups is 1. The largest absolute Gasteiger partial charge is 0.469 e. The molecule has 5 heteroatoms. The van der Waals surface area contributed by atoms with Gasteiger partial charge in [0.25, 0.3) is 0 Å². The van der Waals surface area contributed by atoms with E-state index in [1.165, 1.54) is 32.4 Å². The molecule has 0 aromatic rings. The van der Waals surface area contributed by atoms with Crippen molar-refractivity contribution >= 4 is 11.9 Å². The van der Waals surface area contributed by atoms with Crippen LogP contribution >= 0.6 is 0 Å². The van der Waals surface area contributed by atoms with Crippen molar-refractivity contribution in [1.29, 1.82) is 0 Å². The van der Waals surface area contributed by atoms with Crippen LogP contribution in [-0.2, 0) is 19.1 Å². The molecule has 0 aliphatic heterocycles. The quantitative estimate of drug-likeness (QED) is 0.528. The molecule has 0 radical (unpaired) electrons. The number of methoxy groups -OCH3 is 1. The minimum Gasteiger partial charge on any atom is -0.469 e. The van der Waals surface area contributed by atoms with Crippen LogP contribution in [0.2, 0.25) is 0 Å². The van der Waals surface area contributed by atoms with Gasteiger partial charge in [0, 0.05) is 6.92 Å². The van der Waals surface area contributed by atoms with Crippen LogP contribution in [0.3, 0.4) is 0 Å². The Bertz CT molecular complexity index is 645. The standard InChI is InChI=1S/C23H38O5/c1-15-17(9-12-22(5,26)14-20(25)27-7)23(6)11-8-10-21(3,4)19(23)13-18(15)28-16(2)24/h18-19,26H,8-14H2,1-7H3. The average molecular weight is 395 g/mol. The molecule has 28 heavy (non-hydrogen) atoms. The predicted molar refractivity (Wildman–Crippen MR) is 109 cm³/mol. The molecule has 1 saturated carbocycles. The van der Waals surface area contributed by atoms with E-state index in [1.54, 1.807) is 6.92 Å². The highest BCUT2D eigenvalue weighted by atomic mass is 16.5. The summed E-state index contributed by atoms with van der Waals surface area (Å²) in [6.45, 7) is 12.2. The fourth-order valence-corrected chi connectivity index (χ4v) is 5.78. The summed E-state index contributed by atoms with van der Waals surface area (Å²) in [4.78, 5) is 23.3. The number of carbonyl (C=O) groups is 2. The molecule has 4 atom stereocenters. The van der Waals surface area contributed by atoms with Gasteiger partial charge in [0.05, 0.1) is 19.1 Å².